The molecule has 1 aromatic carbocycles. The molecule has 2 unspecified atom stereocenters. The molecule has 2 nitrogen and oxygen atoms in total. The van der Waals surface area contributed by atoms with E-state index in [2.05, 4.69) is 49.1 Å². The van der Waals surface area contributed by atoms with Crippen LogP contribution >= 0.6 is 0 Å². The van der Waals surface area contributed by atoms with Crippen LogP contribution in [-0.2, 0) is 6.54 Å². The smallest absolute Gasteiger partial charge is 0.0476 e. The van der Waals surface area contributed by atoms with Crippen molar-refractivity contribution in [2.75, 3.05) is 13.2 Å². The first kappa shape index (κ1) is 12.6. The molecular weight excluding hydrogens is 210 g/mol. The van der Waals surface area contributed by atoms with Gasteiger partial charge in [-0.2, -0.15) is 0 Å². The van der Waals surface area contributed by atoms with Crippen molar-refractivity contribution in [3.8, 4) is 0 Å². The van der Waals surface area contributed by atoms with E-state index >= 15 is 0 Å². The number of benzene rings is 1. The zero-order valence-corrected chi connectivity index (χ0v) is 10.8. The van der Waals surface area contributed by atoms with Crippen molar-refractivity contribution in [2.24, 2.45) is 11.8 Å². The molecule has 0 bridgehead atoms. The average molecular weight is 233 g/mol. The quantitative estimate of drug-likeness (QED) is 0.844. The Bertz CT molecular complexity index is 336. The van der Waals surface area contributed by atoms with Gasteiger partial charge in [0.1, 0.15) is 0 Å². The number of likely N-dealkylation sites (tertiary alicyclic amines) is 1. The van der Waals surface area contributed by atoms with Gasteiger partial charge in [0.25, 0.3) is 0 Å². The topological polar surface area (TPSA) is 23.5 Å². The molecule has 0 aliphatic carbocycles. The third-order valence-electron chi connectivity index (χ3n) is 3.97. The van der Waals surface area contributed by atoms with Gasteiger partial charge in [-0.05, 0) is 23.8 Å². The summed E-state index contributed by atoms with van der Waals surface area (Å²) in [6.07, 6.45) is 1.23. The van der Waals surface area contributed by atoms with Crippen LogP contribution in [0.2, 0.25) is 0 Å². The Labute approximate surface area is 104 Å². The van der Waals surface area contributed by atoms with Crippen LogP contribution in [-0.4, -0.2) is 29.2 Å². The highest BCUT2D eigenvalue weighted by molar-refractivity contribution is 5.15. The molecule has 1 aliphatic rings. The minimum atomic E-state index is 0.313. The lowest BCUT2D eigenvalue weighted by Gasteiger charge is -2.46. The number of hydrogen-bond donors (Lipinski definition) is 1. The van der Waals surface area contributed by atoms with Crippen molar-refractivity contribution in [1.82, 2.24) is 4.90 Å². The van der Waals surface area contributed by atoms with Gasteiger partial charge in [-0.15, -0.1) is 0 Å². The van der Waals surface area contributed by atoms with Crippen molar-refractivity contribution in [3.63, 3.8) is 0 Å². The lowest BCUT2D eigenvalue weighted by Crippen LogP contribution is -2.53. The van der Waals surface area contributed by atoms with Crippen molar-refractivity contribution in [3.05, 3.63) is 35.9 Å². The van der Waals surface area contributed by atoms with Crippen LogP contribution in [0.5, 0.6) is 0 Å². The normalized spacial score (nSPS) is 22.5. The Morgan fingerprint density at radius 2 is 2.00 bits per heavy atom. The van der Waals surface area contributed by atoms with Crippen LogP contribution in [0.4, 0.5) is 0 Å². The highest BCUT2D eigenvalue weighted by Crippen LogP contribution is 2.30. The van der Waals surface area contributed by atoms with Crippen molar-refractivity contribution in [1.29, 1.82) is 0 Å². The Balaban J connectivity index is 1.95. The summed E-state index contributed by atoms with van der Waals surface area (Å²) in [6.45, 7) is 6.92. The monoisotopic (exact) mass is 233 g/mol. The van der Waals surface area contributed by atoms with Crippen molar-refractivity contribution >= 4 is 0 Å². The second kappa shape index (κ2) is 5.65. The van der Waals surface area contributed by atoms with E-state index in [0.29, 0.717) is 24.5 Å². The molecule has 94 valence electrons. The summed E-state index contributed by atoms with van der Waals surface area (Å²) in [5, 5.41) is 9.49. The number of aliphatic hydroxyl groups is 1. The standard InChI is InChI=1S/C15H23NO/c1-12(2)14(11-17)15-8-9-16(15)10-13-6-4-3-5-7-13/h3-7,12,14-15,17H,8-11H2,1-2H3. The summed E-state index contributed by atoms with van der Waals surface area (Å²) in [4.78, 5) is 2.50. The van der Waals surface area contributed by atoms with Gasteiger partial charge in [-0.25, -0.2) is 0 Å². The van der Waals surface area contributed by atoms with Gasteiger partial charge in [-0.3, -0.25) is 4.90 Å². The van der Waals surface area contributed by atoms with Gasteiger partial charge in [0.15, 0.2) is 0 Å². The number of rotatable bonds is 5. The van der Waals surface area contributed by atoms with Crippen molar-refractivity contribution in [2.45, 2.75) is 32.9 Å². The largest absolute Gasteiger partial charge is 0.396 e. The van der Waals surface area contributed by atoms with Crippen LogP contribution < -0.4 is 0 Å². The average Bonchev–Trinajstić information content (AvgIpc) is 2.32. The van der Waals surface area contributed by atoms with Gasteiger partial charge in [-0.1, -0.05) is 44.2 Å². The molecule has 1 saturated heterocycles. The lowest BCUT2D eigenvalue weighted by molar-refractivity contribution is -0.00359. The maximum Gasteiger partial charge on any atom is 0.0476 e. The molecule has 0 saturated carbocycles. The van der Waals surface area contributed by atoms with Crippen LogP contribution in [0.15, 0.2) is 30.3 Å². The Morgan fingerprint density at radius 3 is 2.47 bits per heavy atom. The molecule has 2 rings (SSSR count). The van der Waals surface area contributed by atoms with E-state index in [9.17, 15) is 5.11 Å². The summed E-state index contributed by atoms with van der Waals surface area (Å²) in [6, 6.07) is 11.2. The SMILES string of the molecule is CC(C)C(CO)C1CCN1Cc1ccccc1. The highest BCUT2D eigenvalue weighted by Gasteiger charge is 2.35. The lowest BCUT2D eigenvalue weighted by atomic mass is 9.82. The molecule has 1 N–H and O–H groups in total. The first-order valence-corrected chi connectivity index (χ1v) is 6.61. The molecule has 0 amide bonds. The van der Waals surface area contributed by atoms with E-state index in [0.717, 1.165) is 6.54 Å². The second-order valence-corrected chi connectivity index (χ2v) is 5.40. The minimum absolute atomic E-state index is 0.313. The third-order valence-corrected chi connectivity index (χ3v) is 3.97. The van der Waals surface area contributed by atoms with E-state index in [1.165, 1.54) is 18.5 Å². The van der Waals surface area contributed by atoms with Crippen LogP contribution in [0, 0.1) is 11.8 Å². The van der Waals surface area contributed by atoms with E-state index in [-0.39, 0.29) is 0 Å². The van der Waals surface area contributed by atoms with Gasteiger partial charge in [0.2, 0.25) is 0 Å². The molecule has 1 heterocycles. The maximum absolute atomic E-state index is 9.49. The molecular formula is C15H23NO. The predicted molar refractivity (Wildman–Crippen MR) is 70.7 cm³/mol. The predicted octanol–water partition coefficient (Wildman–Crippen LogP) is 2.53. The van der Waals surface area contributed by atoms with E-state index in [1.54, 1.807) is 0 Å². The second-order valence-electron chi connectivity index (χ2n) is 5.40. The molecule has 0 spiro atoms. The zero-order valence-electron chi connectivity index (χ0n) is 10.8. The summed E-state index contributed by atoms with van der Waals surface area (Å²) < 4.78 is 0. The number of nitrogens with zero attached hydrogens (tertiary/aromatic N) is 1. The van der Waals surface area contributed by atoms with Gasteiger partial charge in [0.05, 0.1) is 0 Å². The third kappa shape index (κ3) is 2.88. The first-order chi connectivity index (χ1) is 8.22. The van der Waals surface area contributed by atoms with E-state index < -0.39 is 0 Å². The summed E-state index contributed by atoms with van der Waals surface area (Å²) in [5.41, 5.74) is 1.37. The highest BCUT2D eigenvalue weighted by atomic mass is 16.3. The molecule has 0 aromatic heterocycles. The number of hydrogen-bond acceptors (Lipinski definition) is 2. The fourth-order valence-electron chi connectivity index (χ4n) is 2.74. The molecule has 1 aliphatic heterocycles. The molecule has 1 fully saturated rings. The Morgan fingerprint density at radius 1 is 1.29 bits per heavy atom. The number of aliphatic hydroxyl groups excluding tert-OH is 1. The summed E-state index contributed by atoms with van der Waals surface area (Å²) in [7, 11) is 0. The molecule has 0 radical (unpaired) electrons. The summed E-state index contributed by atoms with van der Waals surface area (Å²) in [5.74, 6) is 0.982. The van der Waals surface area contributed by atoms with Crippen LogP contribution in [0.1, 0.15) is 25.8 Å². The van der Waals surface area contributed by atoms with E-state index in [4.69, 9.17) is 0 Å². The molecule has 17 heavy (non-hydrogen) atoms. The zero-order chi connectivity index (χ0) is 12.3. The van der Waals surface area contributed by atoms with E-state index in [1.807, 2.05) is 0 Å². The Kier molecular flexibility index (Phi) is 4.19. The first-order valence-electron chi connectivity index (χ1n) is 6.61. The van der Waals surface area contributed by atoms with Crippen LogP contribution in [0.3, 0.4) is 0 Å². The molecule has 1 aromatic rings. The van der Waals surface area contributed by atoms with Gasteiger partial charge < -0.3 is 5.11 Å². The fraction of sp³-hybridized carbons (Fsp3) is 0.600. The molecule has 2 heteroatoms. The minimum Gasteiger partial charge on any atom is -0.396 e. The molecule has 2 atom stereocenters. The maximum atomic E-state index is 9.49. The van der Waals surface area contributed by atoms with Gasteiger partial charge in [0, 0.05) is 25.7 Å². The van der Waals surface area contributed by atoms with Crippen molar-refractivity contribution < 1.29 is 5.11 Å². The van der Waals surface area contributed by atoms with Gasteiger partial charge >= 0.3 is 0 Å². The summed E-state index contributed by atoms with van der Waals surface area (Å²) >= 11 is 0. The Hall–Kier alpha value is -0.860. The van der Waals surface area contributed by atoms with Crippen LogP contribution in [0.25, 0.3) is 0 Å². The fourth-order valence-corrected chi connectivity index (χ4v) is 2.74.